The zero-order valence-electron chi connectivity index (χ0n) is 18.2. The van der Waals surface area contributed by atoms with Gasteiger partial charge in [-0.3, -0.25) is 9.69 Å². The van der Waals surface area contributed by atoms with Crippen molar-refractivity contribution in [3.63, 3.8) is 0 Å². The highest BCUT2D eigenvalue weighted by Crippen LogP contribution is 2.58. The number of carbonyl (C=O) groups is 1. The van der Waals surface area contributed by atoms with Crippen molar-refractivity contribution in [1.82, 2.24) is 35.0 Å². The monoisotopic (exact) mass is 467 g/mol. The number of nitrogens with zero attached hydrogens (tertiary/aromatic N) is 7. The van der Waals surface area contributed by atoms with Gasteiger partial charge in [-0.15, -0.1) is 5.10 Å². The Bertz CT molecular complexity index is 1020. The number of piperidine rings is 1. The quantitative estimate of drug-likeness (QED) is 0.608. The van der Waals surface area contributed by atoms with Crippen LogP contribution in [0.3, 0.4) is 0 Å². The molecule has 0 spiro atoms. The minimum Gasteiger partial charge on any atom is -0.330 e. The molecule has 3 aliphatic rings. The molecule has 0 radical (unpaired) electrons. The molecule has 2 saturated carbocycles. The van der Waals surface area contributed by atoms with E-state index in [1.807, 2.05) is 0 Å². The van der Waals surface area contributed by atoms with Crippen LogP contribution in [0.2, 0.25) is 0 Å². The minimum absolute atomic E-state index is 0.0429. The van der Waals surface area contributed by atoms with Crippen molar-refractivity contribution in [2.24, 2.45) is 5.41 Å². The Labute approximate surface area is 187 Å². The summed E-state index contributed by atoms with van der Waals surface area (Å²) in [4.78, 5) is 20.7. The molecular weight excluding hydrogens is 442 g/mol. The molecule has 1 saturated heterocycles. The number of hydrogen-bond donors (Lipinski definition) is 0. The molecular formula is C21H25F4N7O. The van der Waals surface area contributed by atoms with Crippen molar-refractivity contribution < 1.29 is 22.4 Å². The molecule has 8 nitrogen and oxygen atoms in total. The molecule has 2 atom stereocenters. The van der Waals surface area contributed by atoms with Crippen LogP contribution >= 0.6 is 0 Å². The molecule has 1 aliphatic heterocycles. The Balaban J connectivity index is 1.27. The molecule has 2 aromatic heterocycles. The van der Waals surface area contributed by atoms with Crippen LogP contribution < -0.4 is 0 Å². The molecule has 33 heavy (non-hydrogen) atoms. The summed E-state index contributed by atoms with van der Waals surface area (Å²) in [5, 5.41) is 11.2. The van der Waals surface area contributed by atoms with E-state index in [1.165, 1.54) is 10.9 Å². The normalized spacial score (nSPS) is 25.1. The minimum atomic E-state index is -4.26. The maximum atomic E-state index is 15.2. The average molecular weight is 467 g/mol. The van der Waals surface area contributed by atoms with Crippen LogP contribution in [0.25, 0.3) is 5.82 Å². The van der Waals surface area contributed by atoms with E-state index in [4.69, 9.17) is 0 Å². The molecule has 0 N–H and O–H groups in total. The number of hydrogen-bond acceptors (Lipinski definition) is 6. The molecule has 2 aromatic rings. The highest BCUT2D eigenvalue weighted by molar-refractivity contribution is 5.94. The Kier molecular flexibility index (Phi) is 5.37. The Morgan fingerprint density at radius 2 is 2.00 bits per heavy atom. The van der Waals surface area contributed by atoms with Gasteiger partial charge < -0.3 is 4.90 Å². The molecule has 1 amide bonds. The van der Waals surface area contributed by atoms with Crippen LogP contribution in [0.4, 0.5) is 17.6 Å². The van der Waals surface area contributed by atoms with E-state index in [2.05, 4.69) is 20.5 Å². The van der Waals surface area contributed by atoms with Gasteiger partial charge in [-0.25, -0.2) is 9.37 Å². The SMILES string of the molecule is Cc1nnnn1-c1ccc(C(=O)N(C2CC2)C2CCN(CC3(C(F)(F)F)CC3)C[C@@H]2F)cn1. The summed E-state index contributed by atoms with van der Waals surface area (Å²) in [5.41, 5.74) is -1.35. The zero-order valence-corrected chi connectivity index (χ0v) is 18.2. The number of aromatic nitrogens is 5. The van der Waals surface area contributed by atoms with E-state index < -0.39 is 23.8 Å². The summed E-state index contributed by atoms with van der Waals surface area (Å²) in [7, 11) is 0. The van der Waals surface area contributed by atoms with E-state index in [-0.39, 0.29) is 37.9 Å². The van der Waals surface area contributed by atoms with Gasteiger partial charge in [-0.2, -0.15) is 17.9 Å². The number of alkyl halides is 4. The van der Waals surface area contributed by atoms with Crippen LogP contribution in [0.1, 0.15) is 48.3 Å². The molecule has 5 rings (SSSR count). The van der Waals surface area contributed by atoms with Crippen LogP contribution in [0.15, 0.2) is 18.3 Å². The first kappa shape index (κ1) is 22.2. The maximum absolute atomic E-state index is 15.2. The first-order valence-corrected chi connectivity index (χ1v) is 11.2. The lowest BCUT2D eigenvalue weighted by atomic mass is 9.97. The lowest BCUT2D eigenvalue weighted by molar-refractivity contribution is -0.193. The second kappa shape index (κ2) is 8.00. The Morgan fingerprint density at radius 1 is 1.24 bits per heavy atom. The summed E-state index contributed by atoms with van der Waals surface area (Å²) in [6.45, 7) is 1.82. The topological polar surface area (TPSA) is 80.0 Å². The van der Waals surface area contributed by atoms with Gasteiger partial charge in [0, 0.05) is 31.9 Å². The van der Waals surface area contributed by atoms with Crippen LogP contribution in [-0.2, 0) is 0 Å². The van der Waals surface area contributed by atoms with E-state index in [0.29, 0.717) is 30.2 Å². The number of rotatable bonds is 6. The van der Waals surface area contributed by atoms with Crippen LogP contribution in [-0.4, -0.2) is 85.0 Å². The predicted molar refractivity (Wildman–Crippen MR) is 108 cm³/mol. The van der Waals surface area contributed by atoms with Gasteiger partial charge in [0.15, 0.2) is 11.6 Å². The molecule has 178 valence electrons. The first-order chi connectivity index (χ1) is 15.7. The van der Waals surface area contributed by atoms with Crippen molar-refractivity contribution in [3.8, 4) is 5.82 Å². The van der Waals surface area contributed by atoms with Gasteiger partial charge >= 0.3 is 6.18 Å². The molecule has 12 heteroatoms. The number of carbonyl (C=O) groups excluding carboxylic acids is 1. The molecule has 0 aromatic carbocycles. The second-order valence-electron chi connectivity index (χ2n) is 9.37. The van der Waals surface area contributed by atoms with E-state index in [9.17, 15) is 18.0 Å². The van der Waals surface area contributed by atoms with Crippen molar-refractivity contribution in [1.29, 1.82) is 0 Å². The van der Waals surface area contributed by atoms with Gasteiger partial charge in [0.2, 0.25) is 0 Å². The fourth-order valence-corrected chi connectivity index (χ4v) is 4.69. The number of halogens is 4. The standard InChI is InChI=1S/C21H25F4N7O/c1-13-27-28-29-32(13)18-5-2-14(10-26-18)19(33)31(15-3-4-15)17-6-9-30(11-16(17)22)12-20(7-8-20)21(23,24)25/h2,5,10,15-17H,3-4,6-9,11-12H2,1H3/t16-,17?/m0/s1. The number of likely N-dealkylation sites (tertiary alicyclic amines) is 1. The third-order valence-corrected chi connectivity index (χ3v) is 6.94. The third kappa shape index (κ3) is 4.20. The second-order valence-corrected chi connectivity index (χ2v) is 9.37. The summed E-state index contributed by atoms with van der Waals surface area (Å²) in [6.07, 6.45) is -2.12. The van der Waals surface area contributed by atoms with E-state index in [1.54, 1.807) is 28.9 Å². The fraction of sp³-hybridized carbons (Fsp3) is 0.667. The molecule has 3 fully saturated rings. The average Bonchev–Trinajstić information content (AvgIpc) is 3.69. The van der Waals surface area contributed by atoms with Crippen molar-refractivity contribution >= 4 is 5.91 Å². The lowest BCUT2D eigenvalue weighted by Crippen LogP contribution is -2.56. The smallest absolute Gasteiger partial charge is 0.330 e. The predicted octanol–water partition coefficient (Wildman–Crippen LogP) is 2.73. The lowest BCUT2D eigenvalue weighted by Gasteiger charge is -2.42. The van der Waals surface area contributed by atoms with Crippen LogP contribution in [0.5, 0.6) is 0 Å². The molecule has 0 bridgehead atoms. The van der Waals surface area contributed by atoms with E-state index in [0.717, 1.165) is 12.8 Å². The summed E-state index contributed by atoms with van der Waals surface area (Å²) < 4.78 is 56.6. The van der Waals surface area contributed by atoms with Gasteiger partial charge in [0.25, 0.3) is 5.91 Å². The van der Waals surface area contributed by atoms with Crippen molar-refractivity contribution in [2.45, 2.75) is 63.5 Å². The third-order valence-electron chi connectivity index (χ3n) is 6.94. The van der Waals surface area contributed by atoms with Crippen molar-refractivity contribution in [3.05, 3.63) is 29.7 Å². The summed E-state index contributed by atoms with van der Waals surface area (Å²) >= 11 is 0. The Hall–Kier alpha value is -2.63. The summed E-state index contributed by atoms with van der Waals surface area (Å²) in [6, 6.07) is 2.55. The van der Waals surface area contributed by atoms with Crippen molar-refractivity contribution in [2.75, 3.05) is 19.6 Å². The molecule has 2 aliphatic carbocycles. The van der Waals surface area contributed by atoms with Crippen LogP contribution in [0, 0.1) is 12.3 Å². The van der Waals surface area contributed by atoms with Gasteiger partial charge in [0.05, 0.1) is 17.0 Å². The number of aryl methyl sites for hydroxylation is 1. The number of tetrazole rings is 1. The van der Waals surface area contributed by atoms with Gasteiger partial charge in [0.1, 0.15) is 6.17 Å². The van der Waals surface area contributed by atoms with Gasteiger partial charge in [-0.1, -0.05) is 0 Å². The largest absolute Gasteiger partial charge is 0.395 e. The number of pyridine rings is 1. The van der Waals surface area contributed by atoms with Gasteiger partial charge in [-0.05, 0) is 61.6 Å². The highest BCUT2D eigenvalue weighted by atomic mass is 19.4. The highest BCUT2D eigenvalue weighted by Gasteiger charge is 2.63. The first-order valence-electron chi connectivity index (χ1n) is 11.2. The zero-order chi connectivity index (χ0) is 23.4. The number of amides is 1. The molecule has 3 heterocycles. The fourth-order valence-electron chi connectivity index (χ4n) is 4.69. The molecule has 1 unspecified atom stereocenters. The maximum Gasteiger partial charge on any atom is 0.395 e. The van der Waals surface area contributed by atoms with E-state index >= 15 is 4.39 Å². The summed E-state index contributed by atoms with van der Waals surface area (Å²) in [5.74, 6) is 0.703. The Morgan fingerprint density at radius 3 is 2.52 bits per heavy atom.